The molecule has 0 atom stereocenters. The summed E-state index contributed by atoms with van der Waals surface area (Å²) in [5.41, 5.74) is 2.68. The third kappa shape index (κ3) is 4.39. The van der Waals surface area contributed by atoms with Crippen molar-refractivity contribution in [2.75, 3.05) is 12.4 Å². The van der Waals surface area contributed by atoms with Crippen LogP contribution in [0.3, 0.4) is 0 Å². The van der Waals surface area contributed by atoms with Crippen LogP contribution in [0, 0.1) is 24.1 Å². The standard InChI is InChI=1S/C10H10FN3O2.C2H6/c1-6-3-7(5-12)4-8(11)9(6)13-10(15)14-16-2;1-2/h3-4H,1-2H3,(H2,13,14,15);1-2H3. The highest BCUT2D eigenvalue weighted by molar-refractivity contribution is 5.89. The van der Waals surface area contributed by atoms with Gasteiger partial charge in [-0.1, -0.05) is 13.8 Å². The summed E-state index contributed by atoms with van der Waals surface area (Å²) in [4.78, 5) is 15.5. The minimum absolute atomic E-state index is 0.0218. The van der Waals surface area contributed by atoms with Gasteiger partial charge in [0.15, 0.2) is 0 Å². The molecule has 0 bridgehead atoms. The second-order valence-corrected chi connectivity index (χ2v) is 3.02. The lowest BCUT2D eigenvalue weighted by atomic mass is 10.1. The number of aryl methyl sites for hydroxylation is 1. The fourth-order valence-corrected chi connectivity index (χ4v) is 1.20. The van der Waals surface area contributed by atoms with E-state index < -0.39 is 11.8 Å². The zero-order chi connectivity index (χ0) is 14.1. The van der Waals surface area contributed by atoms with Crippen LogP contribution in [0.1, 0.15) is 25.0 Å². The maximum atomic E-state index is 13.5. The number of rotatable bonds is 2. The van der Waals surface area contributed by atoms with Crippen molar-refractivity contribution in [2.24, 2.45) is 0 Å². The molecular formula is C12H16FN3O2. The quantitative estimate of drug-likeness (QED) is 0.796. The summed E-state index contributed by atoms with van der Waals surface area (Å²) in [5, 5.41) is 10.9. The predicted octanol–water partition coefficient (Wildman–Crippen LogP) is 2.71. The van der Waals surface area contributed by atoms with Crippen molar-refractivity contribution >= 4 is 11.7 Å². The molecule has 0 radical (unpaired) electrons. The fourth-order valence-electron chi connectivity index (χ4n) is 1.20. The van der Waals surface area contributed by atoms with E-state index in [0.717, 1.165) is 6.07 Å². The first-order valence-electron chi connectivity index (χ1n) is 5.38. The zero-order valence-corrected chi connectivity index (χ0v) is 10.8. The van der Waals surface area contributed by atoms with Crippen LogP contribution in [0.15, 0.2) is 12.1 Å². The van der Waals surface area contributed by atoms with E-state index in [1.54, 1.807) is 6.92 Å². The summed E-state index contributed by atoms with van der Waals surface area (Å²) in [5.74, 6) is -0.664. The van der Waals surface area contributed by atoms with Gasteiger partial charge >= 0.3 is 6.03 Å². The van der Waals surface area contributed by atoms with Gasteiger partial charge in [-0.25, -0.2) is 14.7 Å². The number of carbonyl (C=O) groups excluding carboxylic acids is 1. The highest BCUT2D eigenvalue weighted by atomic mass is 19.1. The average Bonchev–Trinajstić information content (AvgIpc) is 2.36. The Morgan fingerprint density at radius 3 is 2.50 bits per heavy atom. The van der Waals surface area contributed by atoms with E-state index in [1.807, 2.05) is 25.4 Å². The summed E-state index contributed by atoms with van der Waals surface area (Å²) in [7, 11) is 1.27. The number of urea groups is 1. The number of carbonyl (C=O) groups is 1. The van der Waals surface area contributed by atoms with Gasteiger partial charge in [0.25, 0.3) is 0 Å². The molecule has 1 aromatic carbocycles. The number of hydroxylamine groups is 1. The Hall–Kier alpha value is -2.13. The van der Waals surface area contributed by atoms with Crippen molar-refractivity contribution in [3.8, 4) is 6.07 Å². The number of nitriles is 1. The lowest BCUT2D eigenvalue weighted by molar-refractivity contribution is 0.114. The van der Waals surface area contributed by atoms with Gasteiger partial charge < -0.3 is 5.32 Å². The minimum Gasteiger partial charge on any atom is -0.303 e. The third-order valence-corrected chi connectivity index (χ3v) is 1.85. The first-order chi connectivity index (χ1) is 8.58. The molecule has 0 aliphatic carbocycles. The first kappa shape index (κ1) is 15.9. The van der Waals surface area contributed by atoms with Crippen molar-refractivity contribution in [3.63, 3.8) is 0 Å². The van der Waals surface area contributed by atoms with Crippen LogP contribution in [-0.2, 0) is 4.84 Å². The van der Waals surface area contributed by atoms with E-state index in [2.05, 4.69) is 10.2 Å². The normalized spacial score (nSPS) is 8.67. The molecule has 18 heavy (non-hydrogen) atoms. The monoisotopic (exact) mass is 253 g/mol. The van der Waals surface area contributed by atoms with Crippen LogP contribution >= 0.6 is 0 Å². The lowest BCUT2D eigenvalue weighted by Crippen LogP contribution is -2.28. The smallest absolute Gasteiger partial charge is 0.303 e. The van der Waals surface area contributed by atoms with Crippen LogP contribution < -0.4 is 10.8 Å². The van der Waals surface area contributed by atoms with Crippen molar-refractivity contribution in [1.82, 2.24) is 5.48 Å². The molecule has 0 spiro atoms. The van der Waals surface area contributed by atoms with Gasteiger partial charge in [-0.05, 0) is 24.6 Å². The van der Waals surface area contributed by atoms with Crippen molar-refractivity contribution < 1.29 is 14.0 Å². The van der Waals surface area contributed by atoms with Gasteiger partial charge in [0.05, 0.1) is 24.4 Å². The Morgan fingerprint density at radius 2 is 2.06 bits per heavy atom. The van der Waals surface area contributed by atoms with Crippen LogP contribution in [-0.4, -0.2) is 13.1 Å². The number of benzene rings is 1. The van der Waals surface area contributed by atoms with Crippen molar-refractivity contribution in [3.05, 3.63) is 29.1 Å². The Morgan fingerprint density at radius 1 is 1.44 bits per heavy atom. The Kier molecular flexibility index (Phi) is 7.08. The molecule has 98 valence electrons. The predicted molar refractivity (Wildman–Crippen MR) is 66.4 cm³/mol. The second kappa shape index (κ2) is 8.03. The molecule has 0 fully saturated rings. The van der Waals surface area contributed by atoms with Gasteiger partial charge in [0.1, 0.15) is 5.82 Å². The van der Waals surface area contributed by atoms with E-state index >= 15 is 0 Å². The summed E-state index contributed by atoms with van der Waals surface area (Å²) in [6, 6.07) is 3.66. The number of nitrogens with zero attached hydrogens (tertiary/aromatic N) is 1. The number of hydrogen-bond acceptors (Lipinski definition) is 3. The zero-order valence-electron chi connectivity index (χ0n) is 10.8. The van der Waals surface area contributed by atoms with Gasteiger partial charge in [-0.2, -0.15) is 5.26 Å². The molecule has 0 aliphatic rings. The summed E-state index contributed by atoms with van der Waals surface area (Å²) >= 11 is 0. The minimum atomic E-state index is -0.686. The summed E-state index contributed by atoms with van der Waals surface area (Å²) in [6.45, 7) is 5.59. The van der Waals surface area contributed by atoms with Gasteiger partial charge in [0, 0.05) is 0 Å². The van der Waals surface area contributed by atoms with Crippen LogP contribution in [0.4, 0.5) is 14.9 Å². The van der Waals surface area contributed by atoms with Crippen molar-refractivity contribution in [2.45, 2.75) is 20.8 Å². The maximum absolute atomic E-state index is 13.5. The second-order valence-electron chi connectivity index (χ2n) is 3.02. The van der Waals surface area contributed by atoms with Gasteiger partial charge in [0.2, 0.25) is 0 Å². The van der Waals surface area contributed by atoms with Crippen LogP contribution in [0.2, 0.25) is 0 Å². The molecular weight excluding hydrogens is 237 g/mol. The SMILES string of the molecule is CC.CONC(=O)Nc1c(C)cc(C#N)cc1F. The number of anilines is 1. The molecule has 0 saturated heterocycles. The largest absolute Gasteiger partial charge is 0.343 e. The highest BCUT2D eigenvalue weighted by Gasteiger charge is 2.10. The van der Waals surface area contributed by atoms with Crippen LogP contribution in [0.5, 0.6) is 0 Å². The topological polar surface area (TPSA) is 74.2 Å². The van der Waals surface area contributed by atoms with E-state index in [1.165, 1.54) is 13.2 Å². The molecule has 2 N–H and O–H groups in total. The number of hydrogen-bond donors (Lipinski definition) is 2. The molecule has 5 nitrogen and oxygen atoms in total. The Balaban J connectivity index is 0.00000137. The first-order valence-corrected chi connectivity index (χ1v) is 5.38. The Labute approximate surface area is 106 Å². The van der Waals surface area contributed by atoms with E-state index in [-0.39, 0.29) is 11.3 Å². The molecule has 1 aromatic rings. The molecule has 0 unspecified atom stereocenters. The van der Waals surface area contributed by atoms with Crippen molar-refractivity contribution in [1.29, 1.82) is 5.26 Å². The van der Waals surface area contributed by atoms with Crippen LogP contribution in [0.25, 0.3) is 0 Å². The van der Waals surface area contributed by atoms with E-state index in [9.17, 15) is 9.18 Å². The fraction of sp³-hybridized carbons (Fsp3) is 0.333. The molecule has 2 amide bonds. The average molecular weight is 253 g/mol. The molecule has 6 heteroatoms. The highest BCUT2D eigenvalue weighted by Crippen LogP contribution is 2.20. The molecule has 0 heterocycles. The summed E-state index contributed by atoms with van der Waals surface area (Å²) < 4.78 is 13.5. The molecule has 1 rings (SSSR count). The Bertz CT molecular complexity index is 432. The maximum Gasteiger partial charge on any atom is 0.343 e. The van der Waals surface area contributed by atoms with Gasteiger partial charge in [-0.3, -0.25) is 4.84 Å². The molecule has 0 saturated carbocycles. The molecule has 0 aromatic heterocycles. The third-order valence-electron chi connectivity index (χ3n) is 1.85. The number of amides is 2. The number of nitrogens with one attached hydrogen (secondary N) is 2. The van der Waals surface area contributed by atoms with E-state index in [0.29, 0.717) is 5.56 Å². The van der Waals surface area contributed by atoms with E-state index in [4.69, 9.17) is 5.26 Å². The lowest BCUT2D eigenvalue weighted by Gasteiger charge is -2.09. The molecule has 0 aliphatic heterocycles. The number of halogens is 1. The summed E-state index contributed by atoms with van der Waals surface area (Å²) in [6.07, 6.45) is 0. The van der Waals surface area contributed by atoms with Gasteiger partial charge in [-0.15, -0.1) is 0 Å².